The monoisotopic (exact) mass is 209 g/mol. The van der Waals surface area contributed by atoms with Crippen LogP contribution in [0.15, 0.2) is 5.03 Å². The lowest BCUT2D eigenvalue weighted by molar-refractivity contribution is 0.687. The van der Waals surface area contributed by atoms with Crippen LogP contribution in [-0.4, -0.2) is 15.5 Å². The van der Waals surface area contributed by atoms with Gasteiger partial charge in [0.25, 0.3) is 0 Å². The van der Waals surface area contributed by atoms with Crippen LogP contribution in [0.1, 0.15) is 25.1 Å². The first-order chi connectivity index (χ1) is 6.56. The van der Waals surface area contributed by atoms with Crippen LogP contribution in [-0.2, 0) is 7.05 Å². The van der Waals surface area contributed by atoms with E-state index in [0.29, 0.717) is 5.92 Å². The van der Waals surface area contributed by atoms with Gasteiger partial charge < -0.3 is 0 Å². The van der Waals surface area contributed by atoms with Crippen LogP contribution >= 0.6 is 11.8 Å². The Bertz CT molecular complexity index is 360. The first kappa shape index (κ1) is 11.1. The molecule has 0 saturated heterocycles. The van der Waals surface area contributed by atoms with Crippen molar-refractivity contribution >= 4 is 11.8 Å². The molecule has 0 bridgehead atoms. The first-order valence-corrected chi connectivity index (χ1v) is 5.61. The summed E-state index contributed by atoms with van der Waals surface area (Å²) in [5.74, 6) is 1.65. The zero-order chi connectivity index (χ0) is 10.7. The highest BCUT2D eigenvalue weighted by atomic mass is 32.2. The molecule has 0 saturated carbocycles. The Kier molecular flexibility index (Phi) is 3.59. The van der Waals surface area contributed by atoms with Crippen LogP contribution < -0.4 is 0 Å². The summed E-state index contributed by atoms with van der Waals surface area (Å²) in [6, 6.07) is 2.20. The molecule has 3 nitrogen and oxygen atoms in total. The van der Waals surface area contributed by atoms with E-state index in [0.717, 1.165) is 22.0 Å². The maximum Gasteiger partial charge on any atom is 0.112 e. The normalized spacial score (nSPS) is 10.6. The summed E-state index contributed by atoms with van der Waals surface area (Å²) in [6.45, 7) is 6.21. The third-order valence-corrected chi connectivity index (χ3v) is 3.41. The van der Waals surface area contributed by atoms with Gasteiger partial charge in [0.15, 0.2) is 0 Å². The highest BCUT2D eigenvalue weighted by molar-refractivity contribution is 7.99. The van der Waals surface area contributed by atoms with E-state index in [2.05, 4.69) is 25.0 Å². The molecule has 0 aliphatic heterocycles. The van der Waals surface area contributed by atoms with Gasteiger partial charge in [-0.05, 0) is 12.8 Å². The van der Waals surface area contributed by atoms with E-state index >= 15 is 0 Å². The molecule has 1 aromatic rings. The van der Waals surface area contributed by atoms with E-state index in [-0.39, 0.29) is 0 Å². The molecule has 0 N–H and O–H groups in total. The zero-order valence-electron chi connectivity index (χ0n) is 9.03. The van der Waals surface area contributed by atoms with Gasteiger partial charge in [-0.2, -0.15) is 10.4 Å². The molecule has 76 valence electrons. The van der Waals surface area contributed by atoms with Gasteiger partial charge in [0, 0.05) is 12.8 Å². The molecule has 0 atom stereocenters. The van der Waals surface area contributed by atoms with Crippen molar-refractivity contribution < 1.29 is 0 Å². The second-order valence-corrected chi connectivity index (χ2v) is 4.71. The van der Waals surface area contributed by atoms with Crippen LogP contribution in [0.4, 0.5) is 0 Å². The minimum absolute atomic E-state index is 0.627. The highest BCUT2D eigenvalue weighted by Crippen LogP contribution is 2.25. The number of nitriles is 1. The largest absolute Gasteiger partial charge is 0.260 e. The molecule has 0 unspecified atom stereocenters. The number of thioether (sulfide) groups is 1. The number of nitrogens with zero attached hydrogens (tertiary/aromatic N) is 3. The van der Waals surface area contributed by atoms with Gasteiger partial charge in [-0.15, -0.1) is 11.8 Å². The van der Waals surface area contributed by atoms with Crippen LogP contribution in [0.2, 0.25) is 0 Å². The van der Waals surface area contributed by atoms with Gasteiger partial charge in [-0.25, -0.2) is 0 Å². The summed E-state index contributed by atoms with van der Waals surface area (Å²) in [5.41, 5.74) is 1.54. The lowest BCUT2D eigenvalue weighted by Crippen LogP contribution is -1.96. The summed E-state index contributed by atoms with van der Waals surface area (Å²) >= 11 is 1.71. The molecule has 1 rings (SSSR count). The van der Waals surface area contributed by atoms with E-state index in [4.69, 9.17) is 5.26 Å². The molecule has 14 heavy (non-hydrogen) atoms. The maximum absolute atomic E-state index is 8.96. The van der Waals surface area contributed by atoms with Gasteiger partial charge in [-0.3, -0.25) is 4.68 Å². The summed E-state index contributed by atoms with van der Waals surface area (Å²) in [5, 5.41) is 14.2. The van der Waals surface area contributed by atoms with Gasteiger partial charge in [-0.1, -0.05) is 13.8 Å². The molecule has 0 aliphatic rings. The third kappa shape index (κ3) is 2.30. The van der Waals surface area contributed by atoms with Crippen molar-refractivity contribution in [3.05, 3.63) is 11.3 Å². The quantitative estimate of drug-likeness (QED) is 0.717. The zero-order valence-corrected chi connectivity index (χ0v) is 9.85. The van der Waals surface area contributed by atoms with Crippen molar-refractivity contribution in [1.29, 1.82) is 5.26 Å². The summed E-state index contributed by atoms with van der Waals surface area (Å²) in [7, 11) is 1.89. The minimum atomic E-state index is 0.627. The van der Waals surface area contributed by atoms with Crippen LogP contribution in [0, 0.1) is 24.2 Å². The van der Waals surface area contributed by atoms with Crippen molar-refractivity contribution in [3.8, 4) is 6.07 Å². The molecule has 0 spiro atoms. The van der Waals surface area contributed by atoms with E-state index < -0.39 is 0 Å². The minimum Gasteiger partial charge on any atom is -0.260 e. The number of aromatic nitrogens is 2. The first-order valence-electron chi connectivity index (χ1n) is 4.62. The van der Waals surface area contributed by atoms with Gasteiger partial charge in [0.1, 0.15) is 16.7 Å². The number of hydrogen-bond acceptors (Lipinski definition) is 3. The maximum atomic E-state index is 8.96. The number of hydrogen-bond donors (Lipinski definition) is 0. The molecule has 0 radical (unpaired) electrons. The Balaban J connectivity index is 2.90. The van der Waals surface area contributed by atoms with Crippen LogP contribution in [0.5, 0.6) is 0 Å². The molecule has 0 fully saturated rings. The standard InChI is InChI=1S/C10H15N3S/c1-7(2)6-14-10-9(5-11)8(3)12-13(10)4/h7H,6H2,1-4H3. The van der Waals surface area contributed by atoms with Crippen LogP contribution in [0.25, 0.3) is 0 Å². The molecule has 0 amide bonds. The van der Waals surface area contributed by atoms with Crippen molar-refractivity contribution in [2.24, 2.45) is 13.0 Å². The van der Waals surface area contributed by atoms with E-state index in [1.165, 1.54) is 0 Å². The Morgan fingerprint density at radius 3 is 2.71 bits per heavy atom. The number of aryl methyl sites for hydroxylation is 2. The molecule has 0 aromatic carbocycles. The van der Waals surface area contributed by atoms with Crippen molar-refractivity contribution in [2.75, 3.05) is 5.75 Å². The predicted molar refractivity (Wildman–Crippen MR) is 58.2 cm³/mol. The van der Waals surface area contributed by atoms with E-state index in [1.54, 1.807) is 16.4 Å². The molecular weight excluding hydrogens is 194 g/mol. The highest BCUT2D eigenvalue weighted by Gasteiger charge is 2.13. The number of rotatable bonds is 3. The van der Waals surface area contributed by atoms with E-state index in [9.17, 15) is 0 Å². The van der Waals surface area contributed by atoms with E-state index in [1.807, 2.05) is 14.0 Å². The molecule has 0 aliphatic carbocycles. The predicted octanol–water partition coefficient (Wildman–Crippen LogP) is 2.35. The van der Waals surface area contributed by atoms with Crippen LogP contribution in [0.3, 0.4) is 0 Å². The Morgan fingerprint density at radius 1 is 1.57 bits per heavy atom. The Labute approximate surface area is 89.1 Å². The second kappa shape index (κ2) is 4.52. The smallest absolute Gasteiger partial charge is 0.112 e. The SMILES string of the molecule is Cc1nn(C)c(SCC(C)C)c1C#N. The average Bonchev–Trinajstić information content (AvgIpc) is 2.36. The van der Waals surface area contributed by atoms with Crippen molar-refractivity contribution in [2.45, 2.75) is 25.8 Å². The fraction of sp³-hybridized carbons (Fsp3) is 0.600. The molecule has 1 heterocycles. The molecular formula is C10H15N3S. The summed E-state index contributed by atoms with van der Waals surface area (Å²) < 4.78 is 1.79. The fourth-order valence-corrected chi connectivity index (χ4v) is 2.23. The Hall–Kier alpha value is -0.950. The fourth-order valence-electron chi connectivity index (χ4n) is 1.18. The lowest BCUT2D eigenvalue weighted by atomic mass is 10.3. The average molecular weight is 209 g/mol. The summed E-state index contributed by atoms with van der Waals surface area (Å²) in [4.78, 5) is 0. The summed E-state index contributed by atoms with van der Waals surface area (Å²) in [6.07, 6.45) is 0. The van der Waals surface area contributed by atoms with Gasteiger partial charge in [0.2, 0.25) is 0 Å². The third-order valence-electron chi connectivity index (χ3n) is 1.83. The van der Waals surface area contributed by atoms with Crippen molar-refractivity contribution in [1.82, 2.24) is 9.78 Å². The van der Waals surface area contributed by atoms with Gasteiger partial charge in [0.05, 0.1) is 5.69 Å². The lowest BCUT2D eigenvalue weighted by Gasteiger charge is -2.04. The van der Waals surface area contributed by atoms with Crippen molar-refractivity contribution in [3.63, 3.8) is 0 Å². The topological polar surface area (TPSA) is 41.6 Å². The Morgan fingerprint density at radius 2 is 2.21 bits per heavy atom. The molecule has 4 heteroatoms. The second-order valence-electron chi connectivity index (χ2n) is 3.71. The van der Waals surface area contributed by atoms with Gasteiger partial charge >= 0.3 is 0 Å². The molecule has 1 aromatic heterocycles.